The third-order valence-electron chi connectivity index (χ3n) is 0.595. The Morgan fingerprint density at radius 2 is 2.12 bits per heavy atom. The van der Waals surface area contributed by atoms with Gasteiger partial charge >= 0.3 is 0 Å². The van der Waals surface area contributed by atoms with Crippen LogP contribution < -0.4 is 0 Å². The van der Waals surface area contributed by atoms with E-state index in [-0.39, 0.29) is 0 Å². The van der Waals surface area contributed by atoms with Crippen LogP contribution >= 0.6 is 22.6 Å². The molecule has 0 rings (SSSR count). The Kier molecular flexibility index (Phi) is 5.13. The molecule has 0 saturated heterocycles. The second-order valence-electron chi connectivity index (χ2n) is 1.28. The summed E-state index contributed by atoms with van der Waals surface area (Å²) in [4.78, 5) is 0. The van der Waals surface area contributed by atoms with Gasteiger partial charge in [-0.05, 0) is 48.6 Å². The van der Waals surface area contributed by atoms with Gasteiger partial charge in [-0.15, -0.1) is 5.73 Å². The smallest absolute Gasteiger partial charge is 0.0541 e. The topological polar surface area (TPSA) is 0 Å². The lowest BCUT2D eigenvalue weighted by atomic mass is 10.5. The molecule has 44 valence electrons. The lowest BCUT2D eigenvalue weighted by Crippen LogP contribution is -1.51. The molecule has 0 amide bonds. The van der Waals surface area contributed by atoms with Gasteiger partial charge in [0.1, 0.15) is 0 Å². The number of halogens is 1. The normalized spacial score (nSPS) is 8.88. The largest absolute Gasteiger partial charge is 0.111 e. The van der Waals surface area contributed by atoms with Crippen molar-refractivity contribution < 1.29 is 0 Å². The third kappa shape index (κ3) is 4.16. The molecule has 0 unspecified atom stereocenters. The van der Waals surface area contributed by atoms with Crippen molar-refractivity contribution in [3.8, 4) is 0 Å². The minimum Gasteiger partial charge on any atom is -0.111 e. The van der Waals surface area contributed by atoms with Crippen molar-refractivity contribution >= 4 is 22.6 Å². The molecule has 0 aliphatic rings. The van der Waals surface area contributed by atoms with Crippen molar-refractivity contribution in [3.05, 3.63) is 27.5 Å². The van der Waals surface area contributed by atoms with E-state index < -0.39 is 0 Å². The van der Waals surface area contributed by atoms with Crippen molar-refractivity contribution in [2.75, 3.05) is 0 Å². The fraction of sp³-hybridized carbons (Fsp3) is 0.286. The first-order valence-corrected chi connectivity index (χ1v) is 3.58. The Balaban J connectivity index is 4.01. The highest BCUT2D eigenvalue weighted by Gasteiger charge is 1.72. The summed E-state index contributed by atoms with van der Waals surface area (Å²) in [5.41, 5.74) is 3.04. The van der Waals surface area contributed by atoms with E-state index >= 15 is 0 Å². The maximum atomic E-state index is 3.04. The Hall–Kier alpha value is -0.0100. The van der Waals surface area contributed by atoms with Crippen molar-refractivity contribution in [1.82, 2.24) is 0 Å². The summed E-state index contributed by atoms with van der Waals surface area (Å²) >= 11 is 2.23. The standard InChI is InChI=1S/C7H9I/c1-3-5-7(8)6-4-2/h3-5H,1-2H3/b5-3+. The average Bonchev–Trinajstić information content (AvgIpc) is 1.68. The van der Waals surface area contributed by atoms with E-state index in [4.69, 9.17) is 0 Å². The first-order valence-electron chi connectivity index (χ1n) is 2.50. The summed E-state index contributed by atoms with van der Waals surface area (Å²) in [5.74, 6) is 0. The molecule has 0 atom stereocenters. The Morgan fingerprint density at radius 1 is 1.50 bits per heavy atom. The molecule has 0 aliphatic carbocycles. The summed E-state index contributed by atoms with van der Waals surface area (Å²) in [6, 6.07) is 0. The molecule has 0 aliphatic heterocycles. The number of hydrogen-bond acceptors (Lipinski definition) is 0. The molecule has 0 aromatic carbocycles. The van der Waals surface area contributed by atoms with Crippen LogP contribution in [0.2, 0.25) is 0 Å². The fourth-order valence-electron chi connectivity index (χ4n) is 0.332. The summed E-state index contributed by atoms with van der Waals surface area (Å²) in [7, 11) is 0. The van der Waals surface area contributed by atoms with Gasteiger partial charge in [-0.1, -0.05) is 6.08 Å². The average molecular weight is 220 g/mol. The highest BCUT2D eigenvalue weighted by atomic mass is 127. The molecule has 0 spiro atoms. The van der Waals surface area contributed by atoms with E-state index in [9.17, 15) is 0 Å². The SMILES string of the molecule is CC=C=C(I)/C=C/C. The van der Waals surface area contributed by atoms with Gasteiger partial charge in [-0.3, -0.25) is 0 Å². The van der Waals surface area contributed by atoms with Gasteiger partial charge in [0, 0.05) is 0 Å². The highest BCUT2D eigenvalue weighted by molar-refractivity contribution is 14.1. The summed E-state index contributed by atoms with van der Waals surface area (Å²) < 4.78 is 1.15. The van der Waals surface area contributed by atoms with E-state index in [1.807, 2.05) is 32.1 Å². The van der Waals surface area contributed by atoms with Crippen LogP contribution in [0.5, 0.6) is 0 Å². The van der Waals surface area contributed by atoms with Crippen LogP contribution in [-0.4, -0.2) is 0 Å². The van der Waals surface area contributed by atoms with Gasteiger partial charge in [0.2, 0.25) is 0 Å². The van der Waals surface area contributed by atoms with Crippen LogP contribution in [-0.2, 0) is 0 Å². The van der Waals surface area contributed by atoms with E-state index in [1.165, 1.54) is 0 Å². The van der Waals surface area contributed by atoms with Gasteiger partial charge in [0.05, 0.1) is 3.58 Å². The van der Waals surface area contributed by atoms with Gasteiger partial charge in [-0.2, -0.15) is 0 Å². The molecule has 0 saturated carbocycles. The van der Waals surface area contributed by atoms with Crippen molar-refractivity contribution in [2.45, 2.75) is 13.8 Å². The quantitative estimate of drug-likeness (QED) is 0.362. The maximum absolute atomic E-state index is 3.04. The zero-order valence-corrected chi connectivity index (χ0v) is 7.27. The van der Waals surface area contributed by atoms with Crippen LogP contribution in [0, 0.1) is 0 Å². The minimum atomic E-state index is 1.15. The predicted octanol–water partition coefficient (Wildman–Crippen LogP) is 3.06. The van der Waals surface area contributed by atoms with Crippen LogP contribution in [0.4, 0.5) is 0 Å². The highest BCUT2D eigenvalue weighted by Crippen LogP contribution is 2.03. The predicted molar refractivity (Wildman–Crippen MR) is 46.1 cm³/mol. The lowest BCUT2D eigenvalue weighted by molar-refractivity contribution is 1.71. The molecule has 0 radical (unpaired) electrons. The zero-order valence-electron chi connectivity index (χ0n) is 5.11. The van der Waals surface area contributed by atoms with Gasteiger partial charge in [0.25, 0.3) is 0 Å². The Morgan fingerprint density at radius 3 is 2.50 bits per heavy atom. The summed E-state index contributed by atoms with van der Waals surface area (Å²) in [5, 5.41) is 0. The first-order chi connectivity index (χ1) is 3.81. The molecule has 1 heteroatoms. The van der Waals surface area contributed by atoms with Gasteiger partial charge < -0.3 is 0 Å². The van der Waals surface area contributed by atoms with E-state index in [0.717, 1.165) is 3.58 Å². The van der Waals surface area contributed by atoms with E-state index in [0.29, 0.717) is 0 Å². The van der Waals surface area contributed by atoms with Crippen molar-refractivity contribution in [2.24, 2.45) is 0 Å². The molecular formula is C7H9I. The third-order valence-corrected chi connectivity index (χ3v) is 1.27. The molecule has 0 aromatic heterocycles. The van der Waals surface area contributed by atoms with Crippen LogP contribution in [0.3, 0.4) is 0 Å². The minimum absolute atomic E-state index is 1.15. The summed E-state index contributed by atoms with van der Waals surface area (Å²) in [6.45, 7) is 3.96. The van der Waals surface area contributed by atoms with Crippen molar-refractivity contribution in [3.63, 3.8) is 0 Å². The lowest BCUT2D eigenvalue weighted by Gasteiger charge is -1.75. The molecule has 0 bridgehead atoms. The van der Waals surface area contributed by atoms with Crippen LogP contribution in [0.15, 0.2) is 27.5 Å². The molecule has 0 aromatic rings. The van der Waals surface area contributed by atoms with E-state index in [2.05, 4.69) is 28.3 Å². The number of hydrogen-bond donors (Lipinski definition) is 0. The van der Waals surface area contributed by atoms with Crippen LogP contribution in [0.1, 0.15) is 13.8 Å². The summed E-state index contributed by atoms with van der Waals surface area (Å²) in [6.07, 6.45) is 5.92. The van der Waals surface area contributed by atoms with Gasteiger partial charge in [-0.25, -0.2) is 0 Å². The second kappa shape index (κ2) is 5.13. The molecule has 0 N–H and O–H groups in total. The monoisotopic (exact) mass is 220 g/mol. The first kappa shape index (κ1) is 7.99. The zero-order chi connectivity index (χ0) is 6.41. The number of allylic oxidation sites excluding steroid dienone is 3. The number of rotatable bonds is 1. The molecule has 8 heavy (non-hydrogen) atoms. The van der Waals surface area contributed by atoms with Gasteiger partial charge in [0.15, 0.2) is 0 Å². The second-order valence-corrected chi connectivity index (χ2v) is 2.44. The Bertz CT molecular complexity index is 136. The maximum Gasteiger partial charge on any atom is 0.0541 e. The molecule has 0 heterocycles. The van der Waals surface area contributed by atoms with E-state index in [1.54, 1.807) is 0 Å². The van der Waals surface area contributed by atoms with Crippen molar-refractivity contribution in [1.29, 1.82) is 0 Å². The molecule has 0 fully saturated rings. The van der Waals surface area contributed by atoms with Crippen LogP contribution in [0.25, 0.3) is 0 Å². The fourth-order valence-corrected chi connectivity index (χ4v) is 1.00. The molecular weight excluding hydrogens is 211 g/mol. The Labute approximate surface area is 64.1 Å². The molecule has 0 nitrogen and oxygen atoms in total.